The number of carbonyl (C=O) groups is 1. The number of nitrogens with one attached hydrogen (secondary N) is 1. The second-order valence-electron chi connectivity index (χ2n) is 8.51. The Morgan fingerprint density at radius 1 is 1.28 bits per heavy atom. The molecule has 2 fully saturated rings. The summed E-state index contributed by atoms with van der Waals surface area (Å²) in [6, 6.07) is 6.63. The Hall–Kier alpha value is -1.51. The number of rotatable bonds is 3. The summed E-state index contributed by atoms with van der Waals surface area (Å²) in [5.41, 5.74) is 3.32. The van der Waals surface area contributed by atoms with Gasteiger partial charge in [-0.2, -0.15) is 0 Å². The summed E-state index contributed by atoms with van der Waals surface area (Å²) in [6.07, 6.45) is 9.26. The minimum absolute atomic E-state index is 0.0780. The van der Waals surface area contributed by atoms with Crippen LogP contribution in [0.15, 0.2) is 18.2 Å². The Bertz CT molecular complexity index is 670. The summed E-state index contributed by atoms with van der Waals surface area (Å²) in [7, 11) is 1.74. The van der Waals surface area contributed by atoms with E-state index in [1.807, 2.05) is 6.07 Å². The van der Waals surface area contributed by atoms with E-state index in [2.05, 4.69) is 24.4 Å². The fourth-order valence-electron chi connectivity index (χ4n) is 6.51. The molecule has 136 valence electrons. The van der Waals surface area contributed by atoms with Crippen LogP contribution in [0.25, 0.3) is 0 Å². The molecule has 1 aromatic carbocycles. The van der Waals surface area contributed by atoms with Crippen molar-refractivity contribution >= 4 is 5.91 Å². The zero-order chi connectivity index (χ0) is 17.6. The molecule has 1 unspecified atom stereocenters. The fourth-order valence-corrected chi connectivity index (χ4v) is 6.51. The van der Waals surface area contributed by atoms with E-state index in [4.69, 9.17) is 4.74 Å². The molecule has 0 aliphatic heterocycles. The van der Waals surface area contributed by atoms with Crippen LogP contribution in [0.1, 0.15) is 81.9 Å². The molecule has 5 atom stereocenters. The summed E-state index contributed by atoms with van der Waals surface area (Å²) in [4.78, 5) is 11.8. The van der Waals surface area contributed by atoms with Gasteiger partial charge in [-0.05, 0) is 78.5 Å². The molecular formula is C22H31NO2. The van der Waals surface area contributed by atoms with E-state index in [9.17, 15) is 4.79 Å². The van der Waals surface area contributed by atoms with Gasteiger partial charge in [0.2, 0.25) is 5.91 Å². The topological polar surface area (TPSA) is 38.3 Å². The first kappa shape index (κ1) is 16.9. The van der Waals surface area contributed by atoms with Crippen LogP contribution >= 0.6 is 0 Å². The van der Waals surface area contributed by atoms with E-state index >= 15 is 0 Å². The van der Waals surface area contributed by atoms with Crippen molar-refractivity contribution in [1.29, 1.82) is 0 Å². The number of methoxy groups -OCH3 is 1. The lowest BCUT2D eigenvalue weighted by atomic mass is 9.54. The average Bonchev–Trinajstić information content (AvgIpc) is 3.06. The van der Waals surface area contributed by atoms with Crippen LogP contribution < -0.4 is 10.1 Å². The first-order valence-electron chi connectivity index (χ1n) is 10.0. The zero-order valence-electron chi connectivity index (χ0n) is 15.8. The predicted octanol–water partition coefficient (Wildman–Crippen LogP) is 4.97. The number of hydrogen-bond acceptors (Lipinski definition) is 2. The highest BCUT2D eigenvalue weighted by Gasteiger charge is 2.53. The maximum atomic E-state index is 11.8. The summed E-state index contributed by atoms with van der Waals surface area (Å²) in [5.74, 6) is 3.19. The van der Waals surface area contributed by atoms with Crippen LogP contribution in [0.2, 0.25) is 0 Å². The van der Waals surface area contributed by atoms with Gasteiger partial charge in [0.05, 0.1) is 13.2 Å². The van der Waals surface area contributed by atoms with Crippen LogP contribution in [0.4, 0.5) is 0 Å². The molecule has 1 aromatic rings. The van der Waals surface area contributed by atoms with Gasteiger partial charge in [-0.3, -0.25) is 4.79 Å². The molecule has 3 aliphatic carbocycles. The van der Waals surface area contributed by atoms with Crippen molar-refractivity contribution in [3.63, 3.8) is 0 Å². The summed E-state index contributed by atoms with van der Waals surface area (Å²) < 4.78 is 5.52. The molecule has 0 spiro atoms. The van der Waals surface area contributed by atoms with E-state index in [0.29, 0.717) is 17.3 Å². The Morgan fingerprint density at radius 2 is 2.12 bits per heavy atom. The van der Waals surface area contributed by atoms with Crippen molar-refractivity contribution < 1.29 is 9.53 Å². The van der Waals surface area contributed by atoms with Gasteiger partial charge in [-0.25, -0.2) is 0 Å². The lowest BCUT2D eigenvalue weighted by Gasteiger charge is -2.52. The Labute approximate surface area is 151 Å². The molecule has 0 heterocycles. The standard InChI is InChI=1S/C22H31NO2/c1-4-22-10-5-6-20(22)19-13-21(23-14(2)24)17-8-7-15(25-3)12-18(17)16(19)9-11-22/h7-8,12,16,19-21H,4-6,9-11,13H2,1-3H3,(H,23,24)/t16-,19-,20+,21?,22+/m1/s1. The highest BCUT2D eigenvalue weighted by atomic mass is 16.5. The first-order valence-corrected chi connectivity index (χ1v) is 10.0. The second kappa shape index (κ2) is 6.34. The SMILES string of the molecule is CC[C@@]12CCC[C@H]1[C@@H]1CC(NC(C)=O)c3ccc(OC)cc3[C@H]1CC2. The summed E-state index contributed by atoms with van der Waals surface area (Å²) in [5, 5.41) is 3.24. The number of amides is 1. The lowest BCUT2D eigenvalue weighted by Crippen LogP contribution is -2.44. The number of hydrogen-bond donors (Lipinski definition) is 1. The second-order valence-corrected chi connectivity index (χ2v) is 8.51. The third kappa shape index (κ3) is 2.67. The van der Waals surface area contributed by atoms with E-state index in [1.165, 1.54) is 49.7 Å². The quantitative estimate of drug-likeness (QED) is 0.843. The van der Waals surface area contributed by atoms with Crippen molar-refractivity contribution in [3.8, 4) is 5.75 Å². The molecule has 4 rings (SSSR count). The Kier molecular flexibility index (Phi) is 4.29. The van der Waals surface area contributed by atoms with Gasteiger partial charge in [-0.1, -0.05) is 25.8 Å². The molecule has 3 nitrogen and oxygen atoms in total. The molecule has 0 bridgehead atoms. The van der Waals surface area contributed by atoms with Crippen molar-refractivity contribution in [1.82, 2.24) is 5.32 Å². The van der Waals surface area contributed by atoms with E-state index in [-0.39, 0.29) is 11.9 Å². The Balaban J connectivity index is 1.75. The van der Waals surface area contributed by atoms with Crippen LogP contribution in [-0.2, 0) is 4.79 Å². The highest BCUT2D eigenvalue weighted by molar-refractivity contribution is 5.73. The van der Waals surface area contributed by atoms with Gasteiger partial charge in [-0.15, -0.1) is 0 Å². The predicted molar refractivity (Wildman–Crippen MR) is 99.7 cm³/mol. The van der Waals surface area contributed by atoms with Gasteiger partial charge < -0.3 is 10.1 Å². The van der Waals surface area contributed by atoms with Gasteiger partial charge in [0.25, 0.3) is 0 Å². The molecule has 2 saturated carbocycles. The van der Waals surface area contributed by atoms with Gasteiger partial charge in [0, 0.05) is 6.92 Å². The highest BCUT2D eigenvalue weighted by Crippen LogP contribution is 2.63. The maximum Gasteiger partial charge on any atom is 0.217 e. The van der Waals surface area contributed by atoms with Gasteiger partial charge in [0.1, 0.15) is 5.75 Å². The normalized spacial score (nSPS) is 36.1. The monoisotopic (exact) mass is 341 g/mol. The summed E-state index contributed by atoms with van der Waals surface area (Å²) in [6.45, 7) is 4.03. The average molecular weight is 341 g/mol. The molecular weight excluding hydrogens is 310 g/mol. The van der Waals surface area contributed by atoms with Crippen molar-refractivity contribution in [3.05, 3.63) is 29.3 Å². The maximum absolute atomic E-state index is 11.8. The molecule has 0 radical (unpaired) electrons. The van der Waals surface area contributed by atoms with Crippen molar-refractivity contribution in [2.75, 3.05) is 7.11 Å². The third-order valence-corrected chi connectivity index (χ3v) is 7.62. The van der Waals surface area contributed by atoms with Crippen molar-refractivity contribution in [2.45, 2.75) is 70.8 Å². The number of fused-ring (bicyclic) bond motifs is 5. The third-order valence-electron chi connectivity index (χ3n) is 7.62. The van der Waals surface area contributed by atoms with Crippen molar-refractivity contribution in [2.24, 2.45) is 17.3 Å². The summed E-state index contributed by atoms with van der Waals surface area (Å²) >= 11 is 0. The van der Waals surface area contributed by atoms with E-state index < -0.39 is 0 Å². The smallest absolute Gasteiger partial charge is 0.217 e. The molecule has 0 saturated heterocycles. The van der Waals surface area contributed by atoms with Crippen LogP contribution in [0, 0.1) is 17.3 Å². The van der Waals surface area contributed by atoms with Crippen LogP contribution in [0.5, 0.6) is 5.75 Å². The largest absolute Gasteiger partial charge is 0.497 e. The molecule has 1 amide bonds. The molecule has 0 aromatic heterocycles. The van der Waals surface area contributed by atoms with Crippen LogP contribution in [-0.4, -0.2) is 13.0 Å². The van der Waals surface area contributed by atoms with E-state index in [1.54, 1.807) is 14.0 Å². The van der Waals surface area contributed by atoms with Gasteiger partial charge in [0.15, 0.2) is 0 Å². The van der Waals surface area contributed by atoms with Gasteiger partial charge >= 0.3 is 0 Å². The van der Waals surface area contributed by atoms with Crippen LogP contribution in [0.3, 0.4) is 0 Å². The zero-order valence-corrected chi connectivity index (χ0v) is 15.8. The number of ether oxygens (including phenoxy) is 1. The molecule has 3 aliphatic rings. The lowest BCUT2D eigenvalue weighted by molar-refractivity contribution is -0.120. The molecule has 1 N–H and O–H groups in total. The minimum atomic E-state index is 0.0780. The Morgan fingerprint density at radius 3 is 2.84 bits per heavy atom. The number of benzene rings is 1. The van der Waals surface area contributed by atoms with E-state index in [0.717, 1.165) is 18.1 Å². The first-order chi connectivity index (χ1) is 12.1. The fraction of sp³-hybridized carbons (Fsp3) is 0.682. The number of carbonyl (C=O) groups excluding carboxylic acids is 1. The molecule has 3 heteroatoms. The minimum Gasteiger partial charge on any atom is -0.497 e. The molecule has 25 heavy (non-hydrogen) atoms.